The van der Waals surface area contributed by atoms with Gasteiger partial charge in [-0.1, -0.05) is 0 Å². The van der Waals surface area contributed by atoms with Crippen LogP contribution in [-0.4, -0.2) is 50.0 Å². The number of amides is 1. The molecule has 1 N–H and O–H groups in total. The lowest BCUT2D eigenvalue weighted by Gasteiger charge is -2.28. The normalized spacial score (nSPS) is 20.5. The Balaban J connectivity index is 1.30. The maximum atomic E-state index is 12.3. The third-order valence-electron chi connectivity index (χ3n) is 4.09. The van der Waals surface area contributed by atoms with E-state index in [1.165, 1.54) is 0 Å². The zero-order valence-electron chi connectivity index (χ0n) is 12.1. The first-order valence-electron chi connectivity index (χ1n) is 7.32. The Morgan fingerprint density at radius 3 is 3.45 bits per heavy atom. The summed E-state index contributed by atoms with van der Waals surface area (Å²) in [4.78, 5) is 18.2. The van der Waals surface area contributed by atoms with Gasteiger partial charge in [-0.25, -0.2) is 4.98 Å². The second kappa shape index (κ2) is 5.54. The summed E-state index contributed by atoms with van der Waals surface area (Å²) in [6.45, 7) is 2.28. The van der Waals surface area contributed by atoms with Crippen molar-refractivity contribution in [1.29, 1.82) is 0 Å². The topological polar surface area (TPSA) is 85.3 Å². The van der Waals surface area contributed by atoms with Crippen LogP contribution in [0.4, 0.5) is 0 Å². The van der Waals surface area contributed by atoms with Crippen molar-refractivity contribution in [3.05, 3.63) is 35.7 Å². The van der Waals surface area contributed by atoms with Gasteiger partial charge in [-0.3, -0.25) is 9.89 Å². The molecule has 0 aromatic carbocycles. The monoisotopic (exact) mass is 303 g/mol. The van der Waals surface area contributed by atoms with Crippen LogP contribution in [0.2, 0.25) is 0 Å². The Labute approximate surface area is 127 Å². The van der Waals surface area contributed by atoms with Crippen LogP contribution >= 0.6 is 0 Å². The van der Waals surface area contributed by atoms with E-state index in [1.54, 1.807) is 17.3 Å². The molecule has 116 valence electrons. The second-order valence-corrected chi connectivity index (χ2v) is 5.49. The number of carbonyl (C=O) groups excluding carboxylic acids is 1. The molecule has 0 bridgehead atoms. The highest BCUT2D eigenvalue weighted by molar-refractivity contribution is 5.77. The number of hydrogen-bond donors (Lipinski definition) is 1. The summed E-state index contributed by atoms with van der Waals surface area (Å²) < 4.78 is 13.1. The molecule has 0 radical (unpaired) electrons. The Morgan fingerprint density at radius 1 is 1.55 bits per heavy atom. The number of aromatic nitrogens is 4. The van der Waals surface area contributed by atoms with Crippen molar-refractivity contribution >= 4 is 5.91 Å². The van der Waals surface area contributed by atoms with Gasteiger partial charge in [0, 0.05) is 43.2 Å². The molecular formula is C14H17N5O3. The summed E-state index contributed by atoms with van der Waals surface area (Å²) in [6.07, 6.45) is 5.81. The summed E-state index contributed by atoms with van der Waals surface area (Å²) in [5.74, 6) is 0.863. The van der Waals surface area contributed by atoms with E-state index in [0.29, 0.717) is 26.2 Å². The van der Waals surface area contributed by atoms with Crippen LogP contribution in [0.15, 0.2) is 18.6 Å². The van der Waals surface area contributed by atoms with Gasteiger partial charge in [0.05, 0.1) is 12.7 Å². The summed E-state index contributed by atoms with van der Waals surface area (Å²) in [6, 6.07) is 0. The number of rotatable bonds is 3. The van der Waals surface area contributed by atoms with E-state index in [9.17, 15) is 4.79 Å². The minimum absolute atomic E-state index is 0.0214. The first kappa shape index (κ1) is 13.5. The fourth-order valence-corrected chi connectivity index (χ4v) is 2.82. The standard InChI is InChI=1S/C14H17N5O3/c20-13(19-3-1-11-10(6-19)5-16-17-11)9-22-14-7-18-4-2-15-12(18)8-21-14/h2,4-5,14H,1,3,6-9H2,(H,16,17). The highest BCUT2D eigenvalue weighted by atomic mass is 16.7. The maximum Gasteiger partial charge on any atom is 0.249 e. The molecule has 4 rings (SSSR count). The van der Waals surface area contributed by atoms with Crippen molar-refractivity contribution < 1.29 is 14.3 Å². The zero-order valence-corrected chi connectivity index (χ0v) is 12.1. The molecule has 0 spiro atoms. The van der Waals surface area contributed by atoms with Crippen LogP contribution in [-0.2, 0) is 40.4 Å². The molecule has 0 saturated carbocycles. The van der Waals surface area contributed by atoms with E-state index in [4.69, 9.17) is 9.47 Å². The van der Waals surface area contributed by atoms with E-state index >= 15 is 0 Å². The summed E-state index contributed by atoms with van der Waals surface area (Å²) in [5, 5.41) is 6.97. The van der Waals surface area contributed by atoms with Gasteiger partial charge in [-0.05, 0) is 0 Å². The number of hydrogen-bond acceptors (Lipinski definition) is 5. The highest BCUT2D eigenvalue weighted by Gasteiger charge is 2.24. The summed E-state index contributed by atoms with van der Waals surface area (Å²) >= 11 is 0. The van der Waals surface area contributed by atoms with Crippen molar-refractivity contribution in [2.75, 3.05) is 13.2 Å². The van der Waals surface area contributed by atoms with E-state index in [2.05, 4.69) is 15.2 Å². The van der Waals surface area contributed by atoms with Gasteiger partial charge >= 0.3 is 0 Å². The van der Waals surface area contributed by atoms with Gasteiger partial charge in [-0.2, -0.15) is 5.10 Å². The largest absolute Gasteiger partial charge is 0.343 e. The van der Waals surface area contributed by atoms with Gasteiger partial charge in [-0.15, -0.1) is 0 Å². The van der Waals surface area contributed by atoms with Crippen molar-refractivity contribution in [1.82, 2.24) is 24.6 Å². The number of nitrogens with zero attached hydrogens (tertiary/aromatic N) is 4. The van der Waals surface area contributed by atoms with Crippen molar-refractivity contribution in [2.24, 2.45) is 0 Å². The van der Waals surface area contributed by atoms with Crippen LogP contribution < -0.4 is 0 Å². The second-order valence-electron chi connectivity index (χ2n) is 5.49. The van der Waals surface area contributed by atoms with E-state index in [0.717, 1.165) is 23.5 Å². The molecule has 8 nitrogen and oxygen atoms in total. The molecule has 1 atom stereocenters. The van der Waals surface area contributed by atoms with Crippen LogP contribution in [0.1, 0.15) is 17.1 Å². The fourth-order valence-electron chi connectivity index (χ4n) is 2.82. The molecule has 2 aromatic rings. The zero-order chi connectivity index (χ0) is 14.9. The molecule has 0 fully saturated rings. The minimum atomic E-state index is -0.403. The molecule has 22 heavy (non-hydrogen) atoms. The van der Waals surface area contributed by atoms with E-state index in [1.807, 2.05) is 10.8 Å². The van der Waals surface area contributed by atoms with E-state index in [-0.39, 0.29) is 12.5 Å². The average Bonchev–Trinajstić information content (AvgIpc) is 3.19. The van der Waals surface area contributed by atoms with Crippen molar-refractivity contribution in [3.63, 3.8) is 0 Å². The highest BCUT2D eigenvalue weighted by Crippen LogP contribution is 2.17. The summed E-state index contributed by atoms with van der Waals surface area (Å²) in [5.41, 5.74) is 2.20. The number of aromatic amines is 1. The van der Waals surface area contributed by atoms with Crippen molar-refractivity contribution in [3.8, 4) is 0 Å². The third-order valence-corrected chi connectivity index (χ3v) is 4.09. The number of H-pyrrole nitrogens is 1. The third kappa shape index (κ3) is 2.51. The van der Waals surface area contributed by atoms with E-state index < -0.39 is 6.29 Å². The van der Waals surface area contributed by atoms with Gasteiger partial charge < -0.3 is 18.9 Å². The fraction of sp³-hybridized carbons (Fsp3) is 0.500. The van der Waals surface area contributed by atoms with Crippen LogP contribution in [0.5, 0.6) is 0 Å². The lowest BCUT2D eigenvalue weighted by atomic mass is 10.1. The molecule has 1 unspecified atom stereocenters. The first-order chi connectivity index (χ1) is 10.8. The Hall–Kier alpha value is -2.19. The Bertz CT molecular complexity index is 680. The number of fused-ring (bicyclic) bond motifs is 2. The summed E-state index contributed by atoms with van der Waals surface area (Å²) in [7, 11) is 0. The van der Waals surface area contributed by atoms with Crippen LogP contribution in [0.25, 0.3) is 0 Å². The molecule has 8 heteroatoms. The van der Waals surface area contributed by atoms with Gasteiger partial charge in [0.25, 0.3) is 0 Å². The Morgan fingerprint density at radius 2 is 2.50 bits per heavy atom. The lowest BCUT2D eigenvalue weighted by molar-refractivity contribution is -0.181. The molecule has 0 saturated heterocycles. The van der Waals surface area contributed by atoms with Crippen molar-refractivity contribution in [2.45, 2.75) is 32.4 Å². The number of ether oxygens (including phenoxy) is 2. The SMILES string of the molecule is O=C(COC1Cn2ccnc2CO1)N1CCc2[nH]ncc2C1. The number of carbonyl (C=O) groups is 1. The van der Waals surface area contributed by atoms with Gasteiger partial charge in [0.2, 0.25) is 5.91 Å². The molecule has 2 aliphatic heterocycles. The van der Waals surface area contributed by atoms with Crippen LogP contribution in [0, 0.1) is 0 Å². The first-order valence-corrected chi connectivity index (χ1v) is 7.32. The van der Waals surface area contributed by atoms with Crippen LogP contribution in [0.3, 0.4) is 0 Å². The molecule has 2 aliphatic rings. The van der Waals surface area contributed by atoms with Gasteiger partial charge in [0.1, 0.15) is 19.0 Å². The molecular weight excluding hydrogens is 286 g/mol. The predicted molar refractivity (Wildman–Crippen MR) is 74.5 cm³/mol. The molecule has 1 amide bonds. The predicted octanol–water partition coefficient (Wildman–Crippen LogP) is 0.0640. The smallest absolute Gasteiger partial charge is 0.249 e. The quantitative estimate of drug-likeness (QED) is 0.867. The number of imidazole rings is 1. The molecule has 0 aliphatic carbocycles. The maximum absolute atomic E-state index is 12.3. The molecule has 4 heterocycles. The average molecular weight is 303 g/mol. The lowest BCUT2D eigenvalue weighted by Crippen LogP contribution is -2.40. The Kier molecular flexibility index (Phi) is 3.39. The number of nitrogens with one attached hydrogen (secondary N) is 1. The minimum Gasteiger partial charge on any atom is -0.343 e. The van der Waals surface area contributed by atoms with Gasteiger partial charge in [0.15, 0.2) is 6.29 Å². The molecule has 2 aromatic heterocycles.